The van der Waals surface area contributed by atoms with E-state index in [1.807, 2.05) is 13.1 Å². The second-order valence-electron chi connectivity index (χ2n) is 4.82. The van der Waals surface area contributed by atoms with Crippen molar-refractivity contribution in [3.05, 3.63) is 35.3 Å². The highest BCUT2D eigenvalue weighted by Gasteiger charge is 2.25. The minimum Gasteiger partial charge on any atom is -0.346 e. The molecule has 2 aromatic rings. The number of nitrogens with zero attached hydrogens (tertiary/aromatic N) is 1. The summed E-state index contributed by atoms with van der Waals surface area (Å²) in [5.74, 6) is -0.141. The van der Waals surface area contributed by atoms with Crippen molar-refractivity contribution in [3.8, 4) is 0 Å². The molecule has 1 heterocycles. The Kier molecular flexibility index (Phi) is 2.44. The smallest absolute Gasteiger partial charge is 0.123 e. The van der Waals surface area contributed by atoms with E-state index in [4.69, 9.17) is 0 Å². The molecule has 0 bridgehead atoms. The first-order valence-electron chi connectivity index (χ1n) is 6.16. The van der Waals surface area contributed by atoms with Gasteiger partial charge in [0.2, 0.25) is 0 Å². The molecule has 1 aliphatic carbocycles. The van der Waals surface area contributed by atoms with Crippen molar-refractivity contribution in [2.45, 2.75) is 25.3 Å². The lowest BCUT2D eigenvalue weighted by atomic mass is 9.92. The Hall–Kier alpha value is -1.35. The van der Waals surface area contributed by atoms with Crippen LogP contribution in [0.25, 0.3) is 10.9 Å². The predicted octanol–water partition coefficient (Wildman–Crippen LogP) is 2.91. The molecule has 90 valence electrons. The van der Waals surface area contributed by atoms with Crippen LogP contribution in [0.4, 0.5) is 4.39 Å². The van der Waals surface area contributed by atoms with Gasteiger partial charge in [-0.05, 0) is 50.1 Å². The van der Waals surface area contributed by atoms with Crippen LogP contribution in [0.1, 0.15) is 30.1 Å². The molecule has 1 aromatic carbocycles. The van der Waals surface area contributed by atoms with Gasteiger partial charge in [0, 0.05) is 29.7 Å². The zero-order valence-corrected chi connectivity index (χ0v) is 10.3. The molecule has 3 heteroatoms. The Bertz CT molecular complexity index is 571. The number of benzene rings is 1. The number of fused-ring (bicyclic) bond motifs is 3. The van der Waals surface area contributed by atoms with Gasteiger partial charge in [-0.1, -0.05) is 0 Å². The van der Waals surface area contributed by atoms with Crippen molar-refractivity contribution < 1.29 is 4.39 Å². The number of aromatic nitrogens is 1. The summed E-state index contributed by atoms with van der Waals surface area (Å²) in [5.41, 5.74) is 3.80. The van der Waals surface area contributed by atoms with Gasteiger partial charge in [-0.2, -0.15) is 0 Å². The SMILES string of the molecule is CNC1CCCc2c1n(C)c1ccc(F)cc21. The Morgan fingerprint density at radius 3 is 3.00 bits per heavy atom. The van der Waals surface area contributed by atoms with Crippen molar-refractivity contribution in [3.63, 3.8) is 0 Å². The Morgan fingerprint density at radius 1 is 1.41 bits per heavy atom. The van der Waals surface area contributed by atoms with Gasteiger partial charge in [-0.3, -0.25) is 0 Å². The highest BCUT2D eigenvalue weighted by atomic mass is 19.1. The second kappa shape index (κ2) is 3.84. The summed E-state index contributed by atoms with van der Waals surface area (Å²) in [6.45, 7) is 0. The maximum absolute atomic E-state index is 13.4. The van der Waals surface area contributed by atoms with Crippen LogP contribution in [0.3, 0.4) is 0 Å². The van der Waals surface area contributed by atoms with E-state index in [2.05, 4.69) is 16.9 Å². The highest BCUT2D eigenvalue weighted by Crippen LogP contribution is 2.36. The summed E-state index contributed by atoms with van der Waals surface area (Å²) in [6, 6.07) is 5.50. The lowest BCUT2D eigenvalue weighted by Gasteiger charge is -2.24. The minimum absolute atomic E-state index is 0.141. The highest BCUT2D eigenvalue weighted by molar-refractivity contribution is 5.86. The molecule has 0 spiro atoms. The third-order valence-electron chi connectivity index (χ3n) is 3.91. The molecule has 17 heavy (non-hydrogen) atoms. The van der Waals surface area contributed by atoms with Crippen LogP contribution in [0, 0.1) is 5.82 Å². The van der Waals surface area contributed by atoms with E-state index in [1.165, 1.54) is 17.7 Å². The first-order chi connectivity index (χ1) is 8.22. The minimum atomic E-state index is -0.141. The Morgan fingerprint density at radius 2 is 2.24 bits per heavy atom. The lowest BCUT2D eigenvalue weighted by molar-refractivity contribution is 0.474. The van der Waals surface area contributed by atoms with Gasteiger partial charge in [0.05, 0.1) is 0 Å². The fraction of sp³-hybridized carbons (Fsp3) is 0.429. The summed E-state index contributed by atoms with van der Waals surface area (Å²) < 4.78 is 15.6. The van der Waals surface area contributed by atoms with E-state index in [9.17, 15) is 4.39 Å². The summed E-state index contributed by atoms with van der Waals surface area (Å²) in [4.78, 5) is 0. The molecule has 0 fully saturated rings. The molecule has 1 aliphatic rings. The number of hydrogen-bond acceptors (Lipinski definition) is 1. The summed E-state index contributed by atoms with van der Waals surface area (Å²) in [5, 5.41) is 4.45. The largest absolute Gasteiger partial charge is 0.346 e. The van der Waals surface area contributed by atoms with E-state index in [0.29, 0.717) is 6.04 Å². The van der Waals surface area contributed by atoms with Gasteiger partial charge < -0.3 is 9.88 Å². The molecular weight excluding hydrogens is 215 g/mol. The van der Waals surface area contributed by atoms with E-state index in [-0.39, 0.29) is 5.82 Å². The number of rotatable bonds is 1. The number of hydrogen-bond donors (Lipinski definition) is 1. The maximum Gasteiger partial charge on any atom is 0.123 e. The molecule has 0 radical (unpaired) electrons. The zero-order valence-electron chi connectivity index (χ0n) is 10.3. The fourth-order valence-corrected chi connectivity index (χ4v) is 3.12. The Balaban J connectivity index is 2.33. The molecule has 1 atom stereocenters. The van der Waals surface area contributed by atoms with Gasteiger partial charge in [0.25, 0.3) is 0 Å². The van der Waals surface area contributed by atoms with Crippen molar-refractivity contribution in [1.29, 1.82) is 0 Å². The molecule has 0 saturated heterocycles. The second-order valence-corrected chi connectivity index (χ2v) is 4.82. The van der Waals surface area contributed by atoms with Crippen LogP contribution < -0.4 is 5.32 Å². The topological polar surface area (TPSA) is 17.0 Å². The summed E-state index contributed by atoms with van der Waals surface area (Å²) >= 11 is 0. The van der Waals surface area contributed by atoms with Crippen molar-refractivity contribution in [1.82, 2.24) is 9.88 Å². The molecule has 2 nitrogen and oxygen atoms in total. The van der Waals surface area contributed by atoms with Gasteiger partial charge in [-0.25, -0.2) is 4.39 Å². The third-order valence-corrected chi connectivity index (χ3v) is 3.91. The normalized spacial score (nSPS) is 19.6. The molecule has 0 aliphatic heterocycles. The van der Waals surface area contributed by atoms with Gasteiger partial charge in [-0.15, -0.1) is 0 Å². The Labute approximate surface area is 100 Å². The molecule has 1 N–H and O–H groups in total. The number of nitrogens with one attached hydrogen (secondary N) is 1. The summed E-state index contributed by atoms with van der Waals surface area (Å²) in [6.07, 6.45) is 3.40. The first kappa shape index (κ1) is 10.8. The van der Waals surface area contributed by atoms with E-state index < -0.39 is 0 Å². The predicted molar refractivity (Wildman–Crippen MR) is 67.6 cm³/mol. The van der Waals surface area contributed by atoms with Crippen LogP contribution in [0.5, 0.6) is 0 Å². The van der Waals surface area contributed by atoms with E-state index >= 15 is 0 Å². The number of halogens is 1. The molecule has 0 amide bonds. The molecule has 1 unspecified atom stereocenters. The van der Waals surface area contributed by atoms with Gasteiger partial charge in [0.1, 0.15) is 5.82 Å². The average molecular weight is 232 g/mol. The van der Waals surface area contributed by atoms with Crippen LogP contribution >= 0.6 is 0 Å². The monoisotopic (exact) mass is 232 g/mol. The third kappa shape index (κ3) is 1.49. The van der Waals surface area contributed by atoms with Crippen LogP contribution in [-0.4, -0.2) is 11.6 Å². The molecule has 1 aromatic heterocycles. The van der Waals surface area contributed by atoms with Gasteiger partial charge >= 0.3 is 0 Å². The van der Waals surface area contributed by atoms with Gasteiger partial charge in [0.15, 0.2) is 0 Å². The lowest BCUT2D eigenvalue weighted by Crippen LogP contribution is -2.23. The molecule has 3 rings (SSSR count). The van der Waals surface area contributed by atoms with Crippen LogP contribution in [0.15, 0.2) is 18.2 Å². The first-order valence-corrected chi connectivity index (χ1v) is 6.16. The standard InChI is InChI=1S/C14H17FN2/c1-16-12-5-3-4-10-11-8-9(15)6-7-13(11)17(2)14(10)12/h6-8,12,16H,3-5H2,1-2H3. The van der Waals surface area contributed by atoms with Crippen LogP contribution in [-0.2, 0) is 13.5 Å². The molecular formula is C14H17FN2. The number of aryl methyl sites for hydroxylation is 2. The maximum atomic E-state index is 13.4. The van der Waals surface area contributed by atoms with Crippen molar-refractivity contribution in [2.75, 3.05) is 7.05 Å². The average Bonchev–Trinajstić information content (AvgIpc) is 2.63. The van der Waals surface area contributed by atoms with Crippen molar-refractivity contribution >= 4 is 10.9 Å². The van der Waals surface area contributed by atoms with E-state index in [1.54, 1.807) is 12.1 Å². The fourth-order valence-electron chi connectivity index (χ4n) is 3.12. The van der Waals surface area contributed by atoms with E-state index in [0.717, 1.165) is 23.7 Å². The summed E-state index contributed by atoms with van der Waals surface area (Å²) in [7, 11) is 4.08. The van der Waals surface area contributed by atoms with Crippen LogP contribution in [0.2, 0.25) is 0 Å². The zero-order chi connectivity index (χ0) is 12.0. The van der Waals surface area contributed by atoms with Crippen molar-refractivity contribution in [2.24, 2.45) is 7.05 Å². The quantitative estimate of drug-likeness (QED) is 0.800. The molecule has 0 saturated carbocycles.